The molecule has 0 atom stereocenters. The number of carbonyl (C=O) groups excluding carboxylic acids is 1. The van der Waals surface area contributed by atoms with E-state index in [0.717, 1.165) is 12.2 Å². The Kier molecular flexibility index (Phi) is 5.50. The van der Waals surface area contributed by atoms with Crippen LogP contribution in [0.15, 0.2) is 35.7 Å². The van der Waals surface area contributed by atoms with Gasteiger partial charge in [0.15, 0.2) is 0 Å². The number of carbonyl (C=O) groups is 1. The van der Waals surface area contributed by atoms with Gasteiger partial charge in [-0.2, -0.15) is 0 Å². The molecule has 0 aliphatic heterocycles. The quantitative estimate of drug-likeness (QED) is 0.831. The molecule has 5 nitrogen and oxygen atoms in total. The zero-order chi connectivity index (χ0) is 16.9. The molecule has 0 spiro atoms. The summed E-state index contributed by atoms with van der Waals surface area (Å²) < 4.78 is 10.6. The molecule has 1 heterocycles. The Labute approximate surface area is 140 Å². The van der Waals surface area contributed by atoms with Crippen LogP contribution in [0.2, 0.25) is 0 Å². The van der Waals surface area contributed by atoms with Gasteiger partial charge in [-0.05, 0) is 50.4 Å². The third kappa shape index (κ3) is 5.49. The van der Waals surface area contributed by atoms with Gasteiger partial charge in [-0.25, -0.2) is 4.79 Å². The van der Waals surface area contributed by atoms with Crippen LogP contribution in [0, 0.1) is 0 Å². The van der Waals surface area contributed by atoms with Crippen LogP contribution in [-0.2, 0) is 11.3 Å². The summed E-state index contributed by atoms with van der Waals surface area (Å²) in [5.41, 5.74) is 0.912. The van der Waals surface area contributed by atoms with Gasteiger partial charge < -0.3 is 14.8 Å². The smallest absolute Gasteiger partial charge is 0.412 e. The van der Waals surface area contributed by atoms with E-state index < -0.39 is 11.7 Å². The van der Waals surface area contributed by atoms with Crippen molar-refractivity contribution in [1.29, 1.82) is 0 Å². The fraction of sp³-hybridized carbons (Fsp3) is 0.353. The number of hydrogen-bond acceptors (Lipinski definition) is 5. The maximum atomic E-state index is 11.9. The Hall–Kier alpha value is -2.21. The molecule has 1 amide bonds. The number of methoxy groups -OCH3 is 1. The van der Waals surface area contributed by atoms with Crippen molar-refractivity contribution >= 4 is 28.8 Å². The molecule has 0 saturated heterocycles. The highest BCUT2D eigenvalue weighted by molar-refractivity contribution is 7.09. The maximum absolute atomic E-state index is 11.9. The molecule has 0 aliphatic rings. The van der Waals surface area contributed by atoms with Crippen LogP contribution in [0.3, 0.4) is 0 Å². The number of thiophene rings is 1. The van der Waals surface area contributed by atoms with Crippen molar-refractivity contribution in [1.82, 2.24) is 0 Å². The van der Waals surface area contributed by atoms with Crippen LogP contribution in [0.4, 0.5) is 16.2 Å². The summed E-state index contributed by atoms with van der Waals surface area (Å²) in [6, 6.07) is 9.64. The van der Waals surface area contributed by atoms with Gasteiger partial charge in [-0.1, -0.05) is 6.07 Å². The molecule has 6 heteroatoms. The zero-order valence-corrected chi connectivity index (χ0v) is 14.6. The van der Waals surface area contributed by atoms with Gasteiger partial charge in [0.25, 0.3) is 0 Å². The number of anilines is 2. The largest absolute Gasteiger partial charge is 0.495 e. The van der Waals surface area contributed by atoms with Gasteiger partial charge >= 0.3 is 6.09 Å². The van der Waals surface area contributed by atoms with Crippen LogP contribution in [0.5, 0.6) is 5.75 Å². The van der Waals surface area contributed by atoms with Gasteiger partial charge in [-0.3, -0.25) is 5.32 Å². The zero-order valence-electron chi connectivity index (χ0n) is 13.8. The second kappa shape index (κ2) is 7.37. The summed E-state index contributed by atoms with van der Waals surface area (Å²) in [5.74, 6) is 0.581. The predicted octanol–water partition coefficient (Wildman–Crippen LogP) is 4.72. The van der Waals surface area contributed by atoms with Crippen LogP contribution in [0.1, 0.15) is 25.6 Å². The fourth-order valence-corrected chi connectivity index (χ4v) is 2.58. The summed E-state index contributed by atoms with van der Waals surface area (Å²) in [6.07, 6.45) is -0.508. The highest BCUT2D eigenvalue weighted by atomic mass is 32.1. The molecule has 124 valence electrons. The van der Waals surface area contributed by atoms with Gasteiger partial charge in [0.1, 0.15) is 11.4 Å². The molecule has 2 rings (SSSR count). The number of hydrogen-bond donors (Lipinski definition) is 2. The second-order valence-electron chi connectivity index (χ2n) is 5.97. The molecular formula is C17H22N2O3S. The lowest BCUT2D eigenvalue weighted by Gasteiger charge is -2.20. The van der Waals surface area contributed by atoms with E-state index in [1.165, 1.54) is 4.88 Å². The average molecular weight is 334 g/mol. The van der Waals surface area contributed by atoms with E-state index in [1.54, 1.807) is 18.4 Å². The lowest BCUT2D eigenvalue weighted by molar-refractivity contribution is 0.0635. The summed E-state index contributed by atoms with van der Waals surface area (Å²) in [5, 5.41) is 8.09. The fourth-order valence-electron chi connectivity index (χ4n) is 1.93. The normalized spacial score (nSPS) is 11.0. The lowest BCUT2D eigenvalue weighted by atomic mass is 10.2. The minimum Gasteiger partial charge on any atom is -0.495 e. The standard InChI is InChI=1S/C17H22N2O3S/c1-17(2,3)22-16(20)19-14-10-12(7-8-15(14)21-4)18-11-13-6-5-9-23-13/h5-10,18H,11H2,1-4H3,(H,19,20). The van der Waals surface area contributed by atoms with Crippen LogP contribution in [0.25, 0.3) is 0 Å². The first-order valence-electron chi connectivity index (χ1n) is 7.32. The number of benzene rings is 1. The average Bonchev–Trinajstić information content (AvgIpc) is 2.96. The third-order valence-corrected chi connectivity index (χ3v) is 3.76. The van der Waals surface area contributed by atoms with Crippen LogP contribution >= 0.6 is 11.3 Å². The Balaban J connectivity index is 2.07. The summed E-state index contributed by atoms with van der Waals surface area (Å²) in [4.78, 5) is 13.2. The highest BCUT2D eigenvalue weighted by Gasteiger charge is 2.17. The van der Waals surface area contributed by atoms with E-state index in [9.17, 15) is 4.79 Å². The number of ether oxygens (including phenoxy) is 2. The molecule has 0 aliphatic carbocycles. The third-order valence-electron chi connectivity index (χ3n) is 2.88. The molecule has 1 aromatic heterocycles. The minimum absolute atomic E-state index is 0.508. The van der Waals surface area contributed by atoms with E-state index in [0.29, 0.717) is 11.4 Å². The summed E-state index contributed by atoms with van der Waals surface area (Å²) in [7, 11) is 1.56. The van der Waals surface area contributed by atoms with Gasteiger partial charge in [0.2, 0.25) is 0 Å². The predicted molar refractivity (Wildman–Crippen MR) is 94.5 cm³/mol. The van der Waals surface area contributed by atoms with Crippen molar-refractivity contribution < 1.29 is 14.3 Å². The Bertz CT molecular complexity index is 648. The van der Waals surface area contributed by atoms with Crippen molar-refractivity contribution in [2.75, 3.05) is 17.7 Å². The van der Waals surface area contributed by atoms with Crippen molar-refractivity contribution in [3.8, 4) is 5.75 Å². The monoisotopic (exact) mass is 334 g/mol. The summed E-state index contributed by atoms with van der Waals surface area (Å²) >= 11 is 1.69. The molecular weight excluding hydrogens is 312 g/mol. The SMILES string of the molecule is COc1ccc(NCc2cccs2)cc1NC(=O)OC(C)(C)C. The molecule has 23 heavy (non-hydrogen) atoms. The Morgan fingerprint density at radius 1 is 1.26 bits per heavy atom. The number of amides is 1. The second-order valence-corrected chi connectivity index (χ2v) is 7.01. The lowest BCUT2D eigenvalue weighted by Crippen LogP contribution is -2.27. The molecule has 1 aromatic carbocycles. The van der Waals surface area contributed by atoms with Crippen molar-refractivity contribution in [3.63, 3.8) is 0 Å². The molecule has 0 saturated carbocycles. The van der Waals surface area contributed by atoms with Gasteiger partial charge in [-0.15, -0.1) is 11.3 Å². The van der Waals surface area contributed by atoms with Crippen molar-refractivity contribution in [3.05, 3.63) is 40.6 Å². The summed E-state index contributed by atoms with van der Waals surface area (Å²) in [6.45, 7) is 6.20. The van der Waals surface area contributed by atoms with E-state index >= 15 is 0 Å². The van der Waals surface area contributed by atoms with Crippen molar-refractivity contribution in [2.24, 2.45) is 0 Å². The first-order chi connectivity index (χ1) is 10.9. The molecule has 2 N–H and O–H groups in total. The molecule has 0 radical (unpaired) electrons. The Morgan fingerprint density at radius 2 is 2.04 bits per heavy atom. The van der Waals surface area contributed by atoms with E-state index in [2.05, 4.69) is 16.7 Å². The van der Waals surface area contributed by atoms with Gasteiger partial charge in [0.05, 0.1) is 12.8 Å². The van der Waals surface area contributed by atoms with E-state index in [4.69, 9.17) is 9.47 Å². The highest BCUT2D eigenvalue weighted by Crippen LogP contribution is 2.28. The molecule has 2 aromatic rings. The van der Waals surface area contributed by atoms with Crippen LogP contribution < -0.4 is 15.4 Å². The first-order valence-corrected chi connectivity index (χ1v) is 8.19. The van der Waals surface area contributed by atoms with E-state index in [1.807, 2.05) is 50.4 Å². The molecule has 0 bridgehead atoms. The number of rotatable bonds is 5. The minimum atomic E-state index is -0.549. The van der Waals surface area contributed by atoms with Crippen LogP contribution in [-0.4, -0.2) is 18.8 Å². The molecule has 0 fully saturated rings. The number of nitrogens with one attached hydrogen (secondary N) is 2. The topological polar surface area (TPSA) is 59.6 Å². The van der Waals surface area contributed by atoms with E-state index in [-0.39, 0.29) is 0 Å². The Morgan fingerprint density at radius 3 is 2.65 bits per heavy atom. The van der Waals surface area contributed by atoms with Crippen molar-refractivity contribution in [2.45, 2.75) is 32.9 Å². The maximum Gasteiger partial charge on any atom is 0.412 e. The first kappa shape index (κ1) is 17.1. The van der Waals surface area contributed by atoms with Gasteiger partial charge in [0, 0.05) is 17.1 Å². The molecule has 0 unspecified atom stereocenters.